The van der Waals surface area contributed by atoms with E-state index in [1.165, 1.54) is 199 Å². The largest absolute Gasteiger partial charge is 0.472 e. The number of esters is 3. The number of rotatable bonds is 88. The second-order valence-corrected chi connectivity index (χ2v) is 34.0. The van der Waals surface area contributed by atoms with Crippen LogP contribution in [0.15, 0.2) is 134 Å². The second-order valence-electron chi connectivity index (χ2n) is 31.1. The van der Waals surface area contributed by atoms with E-state index in [1.54, 1.807) is 0 Å². The van der Waals surface area contributed by atoms with Gasteiger partial charge in [-0.3, -0.25) is 32.5 Å². The van der Waals surface area contributed by atoms with E-state index in [-0.39, 0.29) is 19.3 Å². The highest BCUT2D eigenvalue weighted by Gasteiger charge is 2.29. The van der Waals surface area contributed by atoms with E-state index in [2.05, 4.69) is 154 Å². The Hall–Kier alpha value is -4.31. The van der Waals surface area contributed by atoms with Crippen molar-refractivity contribution in [3.63, 3.8) is 0 Å². The Morgan fingerprint density at radius 1 is 0.252 bits per heavy atom. The summed E-state index contributed by atoms with van der Waals surface area (Å²) in [6, 6.07) is 0. The molecule has 0 aromatic heterocycles. The van der Waals surface area contributed by atoms with Crippen molar-refractivity contribution in [2.24, 2.45) is 0 Å². The molecule has 0 saturated heterocycles. The predicted molar refractivity (Wildman–Crippen MR) is 482 cm³/mol. The van der Waals surface area contributed by atoms with Gasteiger partial charge in [0.15, 0.2) is 6.10 Å². The lowest BCUT2D eigenvalue weighted by atomic mass is 10.0. The van der Waals surface area contributed by atoms with Gasteiger partial charge in [0, 0.05) is 19.3 Å². The van der Waals surface area contributed by atoms with E-state index in [9.17, 15) is 43.5 Å². The van der Waals surface area contributed by atoms with Gasteiger partial charge in [-0.15, -0.1) is 0 Å². The van der Waals surface area contributed by atoms with Gasteiger partial charge in [0.1, 0.15) is 25.4 Å². The Morgan fingerprint density at radius 3 is 0.730 bits per heavy atom. The van der Waals surface area contributed by atoms with Gasteiger partial charge < -0.3 is 34.2 Å². The van der Waals surface area contributed by atoms with E-state index in [1.807, 2.05) is 0 Å². The molecule has 0 heterocycles. The number of phosphoric acid groups is 2. The Morgan fingerprint density at radius 2 is 0.461 bits per heavy atom. The van der Waals surface area contributed by atoms with Crippen molar-refractivity contribution in [1.82, 2.24) is 0 Å². The van der Waals surface area contributed by atoms with Crippen molar-refractivity contribution >= 4 is 33.6 Å². The normalized spacial score (nSPS) is 14.4. The minimum atomic E-state index is -4.94. The summed E-state index contributed by atoms with van der Waals surface area (Å²) in [6.45, 7) is 2.55. The average Bonchev–Trinajstić information content (AvgIpc) is 0.898. The quantitative estimate of drug-likeness (QED) is 0.0146. The fourth-order valence-electron chi connectivity index (χ4n) is 12.8. The van der Waals surface area contributed by atoms with E-state index < -0.39 is 91.5 Å². The standard InChI is InChI=1S/C97H170O16P2/c1-4-7-10-13-16-19-22-25-28-30-32-34-36-38-40-42-43-44-45-46-47-49-51-52-54-56-58-60-63-65-68-71-74-77-80-83-95(100)107-86-92(98)87-109-114(103,104)110-88-93(99)89-111-115(105,106)112-91-94(113-97(102)85-82-79-76-73-70-67-62-27-24-21-18-15-12-9-6-3)90-108-96(101)84-81-78-75-72-69-66-64-61-59-57-55-53-50-48-41-39-37-35-33-31-29-26-23-20-17-14-11-8-5-2/h8,11,16-21,25-29,32-35,38-41,62,92-94,98-99H,4-7,9-10,12-15,22-24,30-31,36-37,42-61,63-91H2,1-3H3,(H,103,104)(H,105,106)/b11-8-,19-16-,20-17-,21-18-,28-25-,29-26-,34-32-,35-33-,40-38-,41-39-,62-27-. The molecule has 18 heteroatoms. The Bertz CT molecular complexity index is 2620. The van der Waals surface area contributed by atoms with Crippen molar-refractivity contribution < 1.29 is 75.8 Å². The number of carbonyl (C=O) groups excluding carboxylic acids is 3. The number of allylic oxidation sites excluding steroid dienone is 22. The van der Waals surface area contributed by atoms with Crippen molar-refractivity contribution in [1.29, 1.82) is 0 Å². The van der Waals surface area contributed by atoms with E-state index in [0.717, 1.165) is 148 Å². The van der Waals surface area contributed by atoms with Crippen LogP contribution in [0.3, 0.4) is 0 Å². The first kappa shape index (κ1) is 111. The maximum absolute atomic E-state index is 13.0. The van der Waals surface area contributed by atoms with Crippen molar-refractivity contribution in [2.45, 2.75) is 424 Å². The molecule has 0 rings (SSSR count). The first-order valence-corrected chi connectivity index (χ1v) is 49.5. The first-order chi connectivity index (χ1) is 56.2. The Labute approximate surface area is 703 Å². The predicted octanol–water partition coefficient (Wildman–Crippen LogP) is 28.6. The van der Waals surface area contributed by atoms with Gasteiger partial charge in [0.2, 0.25) is 0 Å². The molecule has 664 valence electrons. The van der Waals surface area contributed by atoms with Crippen LogP contribution >= 0.6 is 15.6 Å². The maximum Gasteiger partial charge on any atom is 0.472 e. The first-order valence-electron chi connectivity index (χ1n) is 46.5. The molecule has 5 atom stereocenters. The van der Waals surface area contributed by atoms with Gasteiger partial charge in [-0.05, 0) is 141 Å². The van der Waals surface area contributed by atoms with Crippen LogP contribution in [-0.4, -0.2) is 95.9 Å². The highest BCUT2D eigenvalue weighted by molar-refractivity contribution is 7.47. The lowest BCUT2D eigenvalue weighted by Gasteiger charge is -2.21. The van der Waals surface area contributed by atoms with Crippen LogP contribution in [0.1, 0.15) is 406 Å². The molecule has 0 radical (unpaired) electrons. The third kappa shape index (κ3) is 90.3. The number of hydrogen-bond acceptors (Lipinski definition) is 14. The van der Waals surface area contributed by atoms with Crippen molar-refractivity contribution in [3.05, 3.63) is 134 Å². The van der Waals surface area contributed by atoms with Crippen molar-refractivity contribution in [3.8, 4) is 0 Å². The van der Waals surface area contributed by atoms with E-state index in [0.29, 0.717) is 19.3 Å². The minimum absolute atomic E-state index is 0.0879. The van der Waals surface area contributed by atoms with Gasteiger partial charge in [0.05, 0.1) is 26.4 Å². The van der Waals surface area contributed by atoms with E-state index in [4.69, 9.17) is 32.3 Å². The molecule has 16 nitrogen and oxygen atoms in total. The van der Waals surface area contributed by atoms with Gasteiger partial charge in [0.25, 0.3) is 0 Å². The number of aliphatic hydroxyl groups is 2. The third-order valence-electron chi connectivity index (χ3n) is 19.8. The summed E-state index contributed by atoms with van der Waals surface area (Å²) in [4.78, 5) is 58.9. The summed E-state index contributed by atoms with van der Waals surface area (Å²) in [6.07, 6.45) is 111. The molecule has 0 aliphatic rings. The molecular formula is C97H170O16P2. The number of phosphoric ester groups is 2. The average molecular weight is 1650 g/mol. The third-order valence-corrected chi connectivity index (χ3v) is 21.7. The molecule has 0 saturated carbocycles. The summed E-state index contributed by atoms with van der Waals surface area (Å²) < 4.78 is 61.4. The minimum Gasteiger partial charge on any atom is -0.463 e. The van der Waals surface area contributed by atoms with Crippen LogP contribution in [0.5, 0.6) is 0 Å². The SMILES string of the molecule is CC/C=C\C/C=C\C/C=C\C/C=C\C/C=C\CCCCCCCCCCCCCCCC(=O)OCC(COP(=O)(O)OCC(O)COP(=O)(O)OCC(O)COC(=O)CCCCCCCCCCCCCCCCCCCCC/C=C\C/C=C\C/C=C\C/C=C\CCCCC)OC(=O)CCCCCCC/C=C\C/C=C\CCCCC. The second kappa shape index (κ2) is 89.0. The molecular weight excluding hydrogens is 1480 g/mol. The number of hydrogen-bond donors (Lipinski definition) is 4. The summed E-state index contributed by atoms with van der Waals surface area (Å²) in [5.41, 5.74) is 0. The number of ether oxygens (including phenoxy) is 3. The topological polar surface area (TPSA) is 231 Å². The zero-order valence-electron chi connectivity index (χ0n) is 73.2. The summed E-state index contributed by atoms with van der Waals surface area (Å²) in [5.74, 6) is -1.58. The van der Waals surface area contributed by atoms with Crippen LogP contribution in [0.4, 0.5) is 0 Å². The van der Waals surface area contributed by atoms with Crippen molar-refractivity contribution in [2.75, 3.05) is 39.6 Å². The van der Waals surface area contributed by atoms with Gasteiger partial charge >= 0.3 is 33.6 Å². The van der Waals surface area contributed by atoms with Crippen LogP contribution in [0.25, 0.3) is 0 Å². The molecule has 115 heavy (non-hydrogen) atoms. The fraction of sp³-hybridized carbons (Fsp3) is 0.742. The molecule has 5 unspecified atom stereocenters. The monoisotopic (exact) mass is 1650 g/mol. The van der Waals surface area contributed by atoms with Crippen LogP contribution in [0, 0.1) is 0 Å². The zero-order chi connectivity index (χ0) is 83.6. The summed E-state index contributed by atoms with van der Waals surface area (Å²) >= 11 is 0. The molecule has 0 fully saturated rings. The number of carbonyl (C=O) groups is 3. The summed E-state index contributed by atoms with van der Waals surface area (Å²) in [7, 11) is -9.80. The molecule has 0 aromatic rings. The molecule has 0 aliphatic carbocycles. The molecule has 4 N–H and O–H groups in total. The molecule has 0 amide bonds. The zero-order valence-corrected chi connectivity index (χ0v) is 75.0. The van der Waals surface area contributed by atoms with Crippen LogP contribution in [-0.2, 0) is 55.8 Å². The van der Waals surface area contributed by atoms with E-state index >= 15 is 0 Å². The Kier molecular flexibility index (Phi) is 85.6. The fourth-order valence-corrected chi connectivity index (χ4v) is 14.4. The van der Waals surface area contributed by atoms with Gasteiger partial charge in [-0.25, -0.2) is 9.13 Å². The molecule has 0 bridgehead atoms. The molecule has 0 aromatic carbocycles. The Balaban J connectivity index is 4.42. The lowest BCUT2D eigenvalue weighted by molar-refractivity contribution is -0.161. The van der Waals surface area contributed by atoms with Gasteiger partial charge in [-0.1, -0.05) is 379 Å². The molecule has 0 spiro atoms. The summed E-state index contributed by atoms with van der Waals surface area (Å²) in [5, 5.41) is 20.7. The lowest BCUT2D eigenvalue weighted by Crippen LogP contribution is -2.30. The van der Waals surface area contributed by atoms with Gasteiger partial charge in [-0.2, -0.15) is 0 Å². The maximum atomic E-state index is 13.0. The molecule has 0 aliphatic heterocycles. The number of aliphatic hydroxyl groups excluding tert-OH is 2. The highest BCUT2D eigenvalue weighted by atomic mass is 31.2. The van der Waals surface area contributed by atoms with Crippen LogP contribution in [0.2, 0.25) is 0 Å². The highest BCUT2D eigenvalue weighted by Crippen LogP contribution is 2.45. The van der Waals surface area contributed by atoms with Crippen LogP contribution < -0.4 is 0 Å². The smallest absolute Gasteiger partial charge is 0.463 e. The number of unbranched alkanes of at least 4 members (excludes halogenated alkanes) is 43.